The third-order valence-electron chi connectivity index (χ3n) is 5.57. The Balaban J connectivity index is 1.61. The van der Waals surface area contributed by atoms with Gasteiger partial charge in [0.05, 0.1) is 16.2 Å². The van der Waals surface area contributed by atoms with Crippen LogP contribution in [0.5, 0.6) is 0 Å². The highest BCUT2D eigenvalue weighted by atomic mass is 32.2. The van der Waals surface area contributed by atoms with Crippen LogP contribution in [0.3, 0.4) is 0 Å². The molecule has 3 aromatic rings. The van der Waals surface area contributed by atoms with E-state index in [1.165, 1.54) is 11.8 Å². The fourth-order valence-electron chi connectivity index (χ4n) is 3.95. The van der Waals surface area contributed by atoms with Crippen molar-refractivity contribution >= 4 is 28.6 Å². The molecule has 0 aliphatic heterocycles. The van der Waals surface area contributed by atoms with Crippen molar-refractivity contribution in [2.45, 2.75) is 62.0 Å². The first kappa shape index (κ1) is 20.6. The number of benzene rings is 1. The molecule has 0 saturated heterocycles. The molecule has 0 bridgehead atoms. The van der Waals surface area contributed by atoms with Crippen LogP contribution in [0.2, 0.25) is 0 Å². The Hall–Kier alpha value is -2.67. The lowest BCUT2D eigenvalue weighted by atomic mass is 10.2. The maximum Gasteiger partial charge on any atom is 0.262 e. The van der Waals surface area contributed by atoms with E-state index in [9.17, 15) is 9.59 Å². The molecule has 7 heteroatoms. The van der Waals surface area contributed by atoms with Gasteiger partial charge in [-0.25, -0.2) is 4.98 Å². The third kappa shape index (κ3) is 4.41. The zero-order valence-electron chi connectivity index (χ0n) is 17.1. The Morgan fingerprint density at radius 1 is 1.23 bits per heavy atom. The number of rotatable bonds is 7. The predicted octanol–water partition coefficient (Wildman–Crippen LogP) is 4.09. The van der Waals surface area contributed by atoms with E-state index in [4.69, 9.17) is 4.98 Å². The standard InChI is InChI=1S/C23H26N4O2S/c1-2-20(21(28)25-15-16-8-7-13-24-14-16)30-23-26-19-12-6-5-11-18(19)22(29)27(23)17-9-3-4-10-17/h5-8,11-14,17,20H,2-4,9-10,15H2,1H3,(H,25,28). The Labute approximate surface area is 180 Å². The average Bonchev–Trinajstić information content (AvgIpc) is 3.31. The van der Waals surface area contributed by atoms with Crippen LogP contribution in [0.25, 0.3) is 10.9 Å². The molecule has 1 N–H and O–H groups in total. The van der Waals surface area contributed by atoms with Gasteiger partial charge in [0.1, 0.15) is 0 Å². The van der Waals surface area contributed by atoms with Crippen molar-refractivity contribution in [2.75, 3.05) is 0 Å². The van der Waals surface area contributed by atoms with Gasteiger partial charge in [0.15, 0.2) is 5.16 Å². The number of thioether (sulfide) groups is 1. The lowest BCUT2D eigenvalue weighted by Crippen LogP contribution is -2.33. The summed E-state index contributed by atoms with van der Waals surface area (Å²) < 4.78 is 1.84. The van der Waals surface area contributed by atoms with Crippen LogP contribution in [0.15, 0.2) is 58.7 Å². The van der Waals surface area contributed by atoms with Crippen molar-refractivity contribution in [1.29, 1.82) is 0 Å². The number of amides is 1. The summed E-state index contributed by atoms with van der Waals surface area (Å²) in [7, 11) is 0. The van der Waals surface area contributed by atoms with E-state index < -0.39 is 0 Å². The van der Waals surface area contributed by atoms with Gasteiger partial charge in [-0.05, 0) is 43.0 Å². The van der Waals surface area contributed by atoms with E-state index in [0.717, 1.165) is 31.2 Å². The molecular weight excluding hydrogens is 396 g/mol. The molecule has 1 aliphatic carbocycles. The fraction of sp³-hybridized carbons (Fsp3) is 0.391. The van der Waals surface area contributed by atoms with E-state index in [1.54, 1.807) is 12.4 Å². The number of nitrogens with one attached hydrogen (secondary N) is 1. The molecule has 0 radical (unpaired) electrons. The minimum atomic E-state index is -0.317. The molecule has 30 heavy (non-hydrogen) atoms. The summed E-state index contributed by atoms with van der Waals surface area (Å²) in [5.41, 5.74) is 1.64. The van der Waals surface area contributed by atoms with Crippen molar-refractivity contribution in [1.82, 2.24) is 19.9 Å². The lowest BCUT2D eigenvalue weighted by Gasteiger charge is -2.21. The normalized spacial score (nSPS) is 15.4. The molecular formula is C23H26N4O2S. The molecule has 6 nitrogen and oxygen atoms in total. The van der Waals surface area contributed by atoms with Crippen molar-refractivity contribution < 1.29 is 4.79 Å². The average molecular weight is 423 g/mol. The van der Waals surface area contributed by atoms with Crippen LogP contribution in [-0.4, -0.2) is 25.7 Å². The number of carbonyl (C=O) groups excluding carboxylic acids is 1. The highest BCUT2D eigenvalue weighted by Crippen LogP contribution is 2.34. The van der Waals surface area contributed by atoms with E-state index in [0.29, 0.717) is 29.0 Å². The number of para-hydroxylation sites is 1. The van der Waals surface area contributed by atoms with Crippen molar-refractivity contribution in [3.8, 4) is 0 Å². The van der Waals surface area contributed by atoms with Crippen molar-refractivity contribution in [3.63, 3.8) is 0 Å². The number of fused-ring (bicyclic) bond motifs is 1. The van der Waals surface area contributed by atoms with Crippen molar-refractivity contribution in [3.05, 3.63) is 64.7 Å². The zero-order valence-corrected chi connectivity index (χ0v) is 17.9. The number of hydrogen-bond donors (Lipinski definition) is 1. The van der Waals surface area contributed by atoms with Crippen LogP contribution in [0.4, 0.5) is 0 Å². The monoisotopic (exact) mass is 422 g/mol. The second-order valence-corrected chi connectivity index (χ2v) is 8.79. The quantitative estimate of drug-likeness (QED) is 0.458. The summed E-state index contributed by atoms with van der Waals surface area (Å²) in [4.78, 5) is 35.0. The summed E-state index contributed by atoms with van der Waals surface area (Å²) in [6.07, 6.45) is 8.32. The van der Waals surface area contributed by atoms with E-state index in [1.807, 2.05) is 47.9 Å². The molecule has 1 aliphatic rings. The number of hydrogen-bond acceptors (Lipinski definition) is 5. The predicted molar refractivity (Wildman–Crippen MR) is 120 cm³/mol. The molecule has 4 rings (SSSR count). The first-order valence-electron chi connectivity index (χ1n) is 10.5. The van der Waals surface area contributed by atoms with Gasteiger partial charge >= 0.3 is 0 Å². The number of carbonyl (C=O) groups is 1. The second-order valence-electron chi connectivity index (χ2n) is 7.62. The fourth-order valence-corrected chi connectivity index (χ4v) is 5.06. The smallest absolute Gasteiger partial charge is 0.262 e. The first-order chi connectivity index (χ1) is 14.7. The van der Waals surface area contributed by atoms with Gasteiger partial charge in [-0.15, -0.1) is 0 Å². The molecule has 1 fully saturated rings. The molecule has 2 heterocycles. The Morgan fingerprint density at radius 3 is 2.77 bits per heavy atom. The number of pyridine rings is 1. The third-order valence-corrected chi connectivity index (χ3v) is 6.90. The van der Waals surface area contributed by atoms with Gasteiger partial charge < -0.3 is 5.32 Å². The lowest BCUT2D eigenvalue weighted by molar-refractivity contribution is -0.120. The summed E-state index contributed by atoms with van der Waals surface area (Å²) in [5, 5.41) is 3.97. The summed E-state index contributed by atoms with van der Waals surface area (Å²) in [6.45, 7) is 2.42. The second kappa shape index (κ2) is 9.43. The Kier molecular flexibility index (Phi) is 6.47. The molecule has 1 unspecified atom stereocenters. The van der Waals surface area contributed by atoms with Crippen LogP contribution in [-0.2, 0) is 11.3 Å². The van der Waals surface area contributed by atoms with Gasteiger partial charge in [-0.1, -0.05) is 49.7 Å². The molecule has 2 aromatic heterocycles. The minimum absolute atomic E-state index is 0.000575. The maximum absolute atomic E-state index is 13.3. The highest BCUT2D eigenvalue weighted by molar-refractivity contribution is 8.00. The van der Waals surface area contributed by atoms with Crippen LogP contribution in [0.1, 0.15) is 50.6 Å². The van der Waals surface area contributed by atoms with Crippen LogP contribution in [0, 0.1) is 0 Å². The van der Waals surface area contributed by atoms with Crippen LogP contribution < -0.4 is 10.9 Å². The van der Waals surface area contributed by atoms with E-state index in [-0.39, 0.29) is 22.8 Å². The highest BCUT2D eigenvalue weighted by Gasteiger charge is 2.26. The zero-order chi connectivity index (χ0) is 20.9. The summed E-state index contributed by atoms with van der Waals surface area (Å²) in [6, 6.07) is 11.4. The van der Waals surface area contributed by atoms with E-state index in [2.05, 4.69) is 10.3 Å². The van der Waals surface area contributed by atoms with Gasteiger partial charge in [0, 0.05) is 25.0 Å². The number of nitrogens with zero attached hydrogens (tertiary/aromatic N) is 3. The van der Waals surface area contributed by atoms with Gasteiger partial charge in [-0.3, -0.25) is 19.1 Å². The van der Waals surface area contributed by atoms with E-state index >= 15 is 0 Å². The molecule has 1 aromatic carbocycles. The first-order valence-corrected chi connectivity index (χ1v) is 11.4. The van der Waals surface area contributed by atoms with Gasteiger partial charge in [0.25, 0.3) is 5.56 Å². The van der Waals surface area contributed by atoms with Crippen LogP contribution >= 0.6 is 11.8 Å². The molecule has 1 amide bonds. The SMILES string of the molecule is CCC(Sc1nc2ccccc2c(=O)n1C1CCCC1)C(=O)NCc1cccnc1. The minimum Gasteiger partial charge on any atom is -0.351 e. The van der Waals surface area contributed by atoms with Gasteiger partial charge in [-0.2, -0.15) is 0 Å². The maximum atomic E-state index is 13.3. The molecule has 1 atom stereocenters. The van der Waals surface area contributed by atoms with Gasteiger partial charge in [0.2, 0.25) is 5.91 Å². The Morgan fingerprint density at radius 2 is 2.03 bits per heavy atom. The molecule has 1 saturated carbocycles. The molecule has 156 valence electrons. The summed E-state index contributed by atoms with van der Waals surface area (Å²) >= 11 is 1.40. The largest absolute Gasteiger partial charge is 0.351 e. The number of aromatic nitrogens is 3. The molecule has 0 spiro atoms. The summed E-state index contributed by atoms with van der Waals surface area (Å²) in [5.74, 6) is -0.0493. The van der Waals surface area contributed by atoms with Crippen molar-refractivity contribution in [2.24, 2.45) is 0 Å². The Bertz CT molecular complexity index is 1080. The topological polar surface area (TPSA) is 76.9 Å².